The highest BCUT2D eigenvalue weighted by Gasteiger charge is 2.14. The minimum absolute atomic E-state index is 0.0485. The van der Waals surface area contributed by atoms with Gasteiger partial charge in [0, 0.05) is 11.9 Å². The number of rotatable bonds is 3. The van der Waals surface area contributed by atoms with Crippen molar-refractivity contribution in [3.05, 3.63) is 46.4 Å². The highest BCUT2D eigenvalue weighted by Crippen LogP contribution is 2.13. The number of benzene rings is 1. The number of hydrogen-bond donors (Lipinski definition) is 1. The van der Waals surface area contributed by atoms with Crippen molar-refractivity contribution in [1.82, 2.24) is 4.57 Å². The minimum Gasteiger partial charge on any atom is -0.477 e. The predicted octanol–water partition coefficient (Wildman–Crippen LogP) is 2.36. The topological polar surface area (TPSA) is 59.3 Å². The van der Waals surface area contributed by atoms with Crippen LogP contribution in [-0.2, 0) is 6.54 Å². The van der Waals surface area contributed by atoms with E-state index in [1.54, 1.807) is 30.3 Å². The second-order valence-corrected chi connectivity index (χ2v) is 4.73. The van der Waals surface area contributed by atoms with Crippen LogP contribution in [0.2, 0.25) is 0 Å². The Bertz CT molecular complexity index is 656. The summed E-state index contributed by atoms with van der Waals surface area (Å²) in [5.74, 6) is -0.861. The van der Waals surface area contributed by atoms with Gasteiger partial charge in [-0.25, -0.2) is 4.79 Å². The molecule has 1 N–H and O–H groups in total. The van der Waals surface area contributed by atoms with Gasteiger partial charge in [0.2, 0.25) is 0 Å². The van der Waals surface area contributed by atoms with E-state index < -0.39 is 5.97 Å². The van der Waals surface area contributed by atoms with E-state index in [1.165, 1.54) is 4.57 Å². The monoisotopic (exact) mass is 245 g/mol. The Morgan fingerprint density at radius 1 is 1.33 bits per heavy atom. The second-order valence-electron chi connectivity index (χ2n) is 4.73. The minimum atomic E-state index is -1.07. The highest BCUT2D eigenvalue weighted by molar-refractivity contribution is 5.92. The van der Waals surface area contributed by atoms with Crippen LogP contribution in [-0.4, -0.2) is 15.6 Å². The Balaban J connectivity index is 2.79. The van der Waals surface area contributed by atoms with Crippen LogP contribution in [0.4, 0.5) is 0 Å². The lowest BCUT2D eigenvalue weighted by Gasteiger charge is -2.13. The first-order valence-corrected chi connectivity index (χ1v) is 5.86. The lowest BCUT2D eigenvalue weighted by Crippen LogP contribution is -2.28. The molecule has 0 saturated heterocycles. The summed E-state index contributed by atoms with van der Waals surface area (Å²) in [7, 11) is 0. The van der Waals surface area contributed by atoms with Crippen molar-refractivity contribution in [3.8, 4) is 0 Å². The average Bonchev–Trinajstić information content (AvgIpc) is 2.32. The first kappa shape index (κ1) is 12.4. The summed E-state index contributed by atoms with van der Waals surface area (Å²) in [6.07, 6.45) is 0. The Labute approximate surface area is 104 Å². The standard InChI is InChI=1S/C14H15NO3/c1-9(2)8-15-12(14(17)18)7-10-5-3-4-6-11(10)13(15)16/h3-7,9H,8H2,1-2H3,(H,17,18). The molecule has 2 aromatic rings. The second kappa shape index (κ2) is 4.64. The average molecular weight is 245 g/mol. The third-order valence-corrected chi connectivity index (χ3v) is 2.79. The number of aromatic carboxylic acids is 1. The summed E-state index contributed by atoms with van der Waals surface area (Å²) in [6, 6.07) is 8.61. The van der Waals surface area contributed by atoms with Gasteiger partial charge in [0.1, 0.15) is 5.69 Å². The molecule has 0 saturated carbocycles. The number of nitrogens with zero attached hydrogens (tertiary/aromatic N) is 1. The van der Waals surface area contributed by atoms with Gasteiger partial charge in [0.25, 0.3) is 5.56 Å². The van der Waals surface area contributed by atoms with Crippen LogP contribution in [0.25, 0.3) is 10.8 Å². The van der Waals surface area contributed by atoms with Crippen LogP contribution < -0.4 is 5.56 Å². The van der Waals surface area contributed by atoms with Crippen LogP contribution in [0.1, 0.15) is 24.3 Å². The van der Waals surface area contributed by atoms with Gasteiger partial charge in [0.05, 0.1) is 0 Å². The van der Waals surface area contributed by atoms with Crippen LogP contribution >= 0.6 is 0 Å². The zero-order valence-corrected chi connectivity index (χ0v) is 10.4. The van der Waals surface area contributed by atoms with Crippen LogP contribution in [0.15, 0.2) is 35.1 Å². The molecule has 0 fully saturated rings. The van der Waals surface area contributed by atoms with Crippen molar-refractivity contribution in [3.63, 3.8) is 0 Å². The van der Waals surface area contributed by atoms with E-state index in [-0.39, 0.29) is 17.2 Å². The van der Waals surface area contributed by atoms with Crippen LogP contribution in [0.3, 0.4) is 0 Å². The third kappa shape index (κ3) is 2.14. The number of pyridine rings is 1. The lowest BCUT2D eigenvalue weighted by molar-refractivity contribution is 0.0683. The van der Waals surface area contributed by atoms with E-state index in [9.17, 15) is 14.7 Å². The molecule has 0 bridgehead atoms. The molecule has 0 radical (unpaired) electrons. The zero-order valence-electron chi connectivity index (χ0n) is 10.4. The molecule has 0 spiro atoms. The third-order valence-electron chi connectivity index (χ3n) is 2.79. The van der Waals surface area contributed by atoms with Crippen molar-refractivity contribution in [2.45, 2.75) is 20.4 Å². The number of carboxylic acids is 1. The fourth-order valence-corrected chi connectivity index (χ4v) is 2.02. The van der Waals surface area contributed by atoms with Gasteiger partial charge in [-0.2, -0.15) is 0 Å². The molecular formula is C14H15NO3. The molecule has 2 rings (SSSR count). The lowest BCUT2D eigenvalue weighted by atomic mass is 10.1. The summed E-state index contributed by atoms with van der Waals surface area (Å²) in [5.41, 5.74) is -0.188. The molecule has 4 heteroatoms. The summed E-state index contributed by atoms with van der Waals surface area (Å²) in [6.45, 7) is 4.31. The van der Waals surface area contributed by atoms with Crippen molar-refractivity contribution in [2.24, 2.45) is 5.92 Å². The Kier molecular flexibility index (Phi) is 3.19. The van der Waals surface area contributed by atoms with Crippen molar-refractivity contribution >= 4 is 16.7 Å². The smallest absolute Gasteiger partial charge is 0.352 e. The quantitative estimate of drug-likeness (QED) is 0.903. The largest absolute Gasteiger partial charge is 0.477 e. The number of aromatic nitrogens is 1. The molecule has 4 nitrogen and oxygen atoms in total. The molecular weight excluding hydrogens is 230 g/mol. The van der Waals surface area contributed by atoms with E-state index >= 15 is 0 Å². The molecule has 1 aromatic carbocycles. The SMILES string of the molecule is CC(C)Cn1c(C(=O)O)cc2ccccc2c1=O. The van der Waals surface area contributed by atoms with Gasteiger partial charge in [-0.05, 0) is 23.4 Å². The maximum atomic E-state index is 12.3. The number of carboxylic acid groups (broad SMARTS) is 1. The molecule has 0 atom stereocenters. The van der Waals surface area contributed by atoms with Gasteiger partial charge in [-0.15, -0.1) is 0 Å². The summed E-state index contributed by atoms with van der Waals surface area (Å²) in [5, 5.41) is 10.4. The van der Waals surface area contributed by atoms with E-state index in [2.05, 4.69) is 0 Å². The number of fused-ring (bicyclic) bond motifs is 1. The fraction of sp³-hybridized carbons (Fsp3) is 0.286. The van der Waals surface area contributed by atoms with Crippen molar-refractivity contribution in [1.29, 1.82) is 0 Å². The maximum Gasteiger partial charge on any atom is 0.352 e. The van der Waals surface area contributed by atoms with Gasteiger partial charge < -0.3 is 9.67 Å². The Morgan fingerprint density at radius 3 is 2.61 bits per heavy atom. The zero-order chi connectivity index (χ0) is 13.3. The Hall–Kier alpha value is -2.10. The highest BCUT2D eigenvalue weighted by atomic mass is 16.4. The molecule has 0 aliphatic carbocycles. The van der Waals surface area contributed by atoms with Gasteiger partial charge in [-0.1, -0.05) is 32.0 Å². The molecule has 0 aliphatic heterocycles. The van der Waals surface area contributed by atoms with E-state index in [4.69, 9.17) is 0 Å². The molecule has 94 valence electrons. The molecule has 0 unspecified atom stereocenters. The first-order valence-electron chi connectivity index (χ1n) is 5.86. The summed E-state index contributed by atoms with van der Waals surface area (Å²) in [4.78, 5) is 23.5. The van der Waals surface area contributed by atoms with Crippen LogP contribution in [0.5, 0.6) is 0 Å². The van der Waals surface area contributed by atoms with Crippen molar-refractivity contribution < 1.29 is 9.90 Å². The van der Waals surface area contributed by atoms with Gasteiger partial charge >= 0.3 is 5.97 Å². The number of carbonyl (C=O) groups is 1. The van der Waals surface area contributed by atoms with Crippen molar-refractivity contribution in [2.75, 3.05) is 0 Å². The number of hydrogen-bond acceptors (Lipinski definition) is 2. The van der Waals surface area contributed by atoms with Gasteiger partial charge in [0.15, 0.2) is 0 Å². The predicted molar refractivity (Wildman–Crippen MR) is 70.0 cm³/mol. The van der Waals surface area contributed by atoms with Crippen LogP contribution in [0, 0.1) is 5.92 Å². The fourth-order valence-electron chi connectivity index (χ4n) is 2.02. The van der Waals surface area contributed by atoms with Gasteiger partial charge in [-0.3, -0.25) is 4.79 Å². The maximum absolute atomic E-state index is 12.3. The first-order chi connectivity index (χ1) is 8.50. The summed E-state index contributed by atoms with van der Waals surface area (Å²) >= 11 is 0. The van der Waals surface area contributed by atoms with E-state index in [0.717, 1.165) is 0 Å². The van der Waals surface area contributed by atoms with E-state index in [0.29, 0.717) is 17.3 Å². The molecule has 18 heavy (non-hydrogen) atoms. The molecule has 0 amide bonds. The molecule has 1 aromatic heterocycles. The van der Waals surface area contributed by atoms with E-state index in [1.807, 2.05) is 13.8 Å². The normalized spacial score (nSPS) is 11.1. The molecule has 0 aliphatic rings. The summed E-state index contributed by atoms with van der Waals surface area (Å²) < 4.78 is 1.34. The Morgan fingerprint density at radius 2 is 2.00 bits per heavy atom. The molecule has 1 heterocycles.